The predicted octanol–water partition coefficient (Wildman–Crippen LogP) is 1.99. The van der Waals surface area contributed by atoms with Gasteiger partial charge in [-0.15, -0.1) is 0 Å². The number of aliphatic imine (C=N–C) groups is 1. The van der Waals surface area contributed by atoms with E-state index in [0.29, 0.717) is 11.9 Å². The second-order valence-corrected chi connectivity index (χ2v) is 4.77. The highest BCUT2D eigenvalue weighted by Gasteiger charge is 2.16. The van der Waals surface area contributed by atoms with Gasteiger partial charge in [-0.3, -0.25) is 0 Å². The summed E-state index contributed by atoms with van der Waals surface area (Å²) in [5.74, 6) is 1.13. The first-order valence-corrected chi connectivity index (χ1v) is 6.44. The fourth-order valence-electron chi connectivity index (χ4n) is 2.15. The minimum absolute atomic E-state index is 0.562. The number of ether oxygens (including phenoxy) is 1. The summed E-state index contributed by atoms with van der Waals surface area (Å²) in [5, 5.41) is 0. The molecule has 0 saturated carbocycles. The van der Waals surface area contributed by atoms with Crippen LogP contribution < -0.4 is 5.73 Å². The Balaban J connectivity index is 1.91. The Morgan fingerprint density at radius 1 is 1.44 bits per heavy atom. The van der Waals surface area contributed by atoms with Crippen LogP contribution in [-0.2, 0) is 4.74 Å². The Morgan fingerprint density at radius 2 is 2.22 bits per heavy atom. The maximum Gasteiger partial charge on any atom is 0.196 e. The summed E-state index contributed by atoms with van der Waals surface area (Å²) in [6, 6.07) is 9.79. The summed E-state index contributed by atoms with van der Waals surface area (Å²) in [6.45, 7) is 2.64. The molecular weight excluding hydrogens is 226 g/mol. The van der Waals surface area contributed by atoms with E-state index in [2.05, 4.69) is 4.99 Å². The molecule has 2 N–H and O–H groups in total. The molecule has 0 spiro atoms. The van der Waals surface area contributed by atoms with Gasteiger partial charge in [-0.05, 0) is 30.9 Å². The standard InChI is InChI=1S/C14H21N3O/c1-17(10-12-6-5-9-18-11-12)14(15)16-13-7-3-2-4-8-13/h2-4,7-8,12H,5-6,9-11H2,1H3,(H2,15,16). The van der Waals surface area contributed by atoms with E-state index in [1.165, 1.54) is 6.42 Å². The summed E-state index contributed by atoms with van der Waals surface area (Å²) in [6.07, 6.45) is 2.36. The fraction of sp³-hybridized carbons (Fsp3) is 0.500. The van der Waals surface area contributed by atoms with E-state index in [9.17, 15) is 0 Å². The zero-order chi connectivity index (χ0) is 12.8. The van der Waals surface area contributed by atoms with Crippen LogP contribution in [0, 0.1) is 5.92 Å². The number of hydrogen-bond acceptors (Lipinski definition) is 2. The van der Waals surface area contributed by atoms with E-state index in [4.69, 9.17) is 10.5 Å². The maximum absolute atomic E-state index is 6.00. The molecule has 1 aromatic rings. The van der Waals surface area contributed by atoms with Gasteiger partial charge in [0.05, 0.1) is 12.3 Å². The van der Waals surface area contributed by atoms with Crippen molar-refractivity contribution in [2.75, 3.05) is 26.8 Å². The number of guanidine groups is 1. The lowest BCUT2D eigenvalue weighted by atomic mass is 10.0. The number of nitrogens with two attached hydrogens (primary N) is 1. The predicted molar refractivity (Wildman–Crippen MR) is 73.9 cm³/mol. The Labute approximate surface area is 108 Å². The van der Waals surface area contributed by atoms with Crippen LogP contribution in [0.3, 0.4) is 0 Å². The van der Waals surface area contributed by atoms with Crippen molar-refractivity contribution in [3.63, 3.8) is 0 Å². The van der Waals surface area contributed by atoms with Crippen LogP contribution >= 0.6 is 0 Å². The minimum Gasteiger partial charge on any atom is -0.381 e. The molecule has 4 heteroatoms. The molecule has 0 aliphatic carbocycles. The molecule has 0 aromatic heterocycles. The van der Waals surface area contributed by atoms with E-state index in [1.807, 2.05) is 42.3 Å². The van der Waals surface area contributed by atoms with Crippen LogP contribution in [0.15, 0.2) is 35.3 Å². The highest BCUT2D eigenvalue weighted by molar-refractivity contribution is 5.80. The highest BCUT2D eigenvalue weighted by Crippen LogP contribution is 2.15. The van der Waals surface area contributed by atoms with E-state index >= 15 is 0 Å². The van der Waals surface area contributed by atoms with Crippen molar-refractivity contribution in [1.82, 2.24) is 4.90 Å². The molecule has 1 fully saturated rings. The molecule has 0 bridgehead atoms. The van der Waals surface area contributed by atoms with Gasteiger partial charge in [0.25, 0.3) is 0 Å². The third kappa shape index (κ3) is 3.74. The second kappa shape index (κ2) is 6.40. The molecule has 1 unspecified atom stereocenters. The van der Waals surface area contributed by atoms with E-state index in [0.717, 1.165) is 31.9 Å². The first kappa shape index (κ1) is 12.9. The van der Waals surface area contributed by atoms with Gasteiger partial charge in [-0.1, -0.05) is 18.2 Å². The number of hydrogen-bond donors (Lipinski definition) is 1. The number of benzene rings is 1. The van der Waals surface area contributed by atoms with Gasteiger partial charge in [0.15, 0.2) is 5.96 Å². The molecule has 1 aliphatic heterocycles. The number of rotatable bonds is 3. The van der Waals surface area contributed by atoms with E-state index in [-0.39, 0.29) is 0 Å². The van der Waals surface area contributed by atoms with Crippen molar-refractivity contribution in [1.29, 1.82) is 0 Å². The van der Waals surface area contributed by atoms with Gasteiger partial charge >= 0.3 is 0 Å². The highest BCUT2D eigenvalue weighted by atomic mass is 16.5. The van der Waals surface area contributed by atoms with Crippen molar-refractivity contribution in [3.05, 3.63) is 30.3 Å². The zero-order valence-corrected chi connectivity index (χ0v) is 10.9. The Hall–Kier alpha value is -1.55. The third-order valence-corrected chi connectivity index (χ3v) is 3.18. The molecule has 0 amide bonds. The quantitative estimate of drug-likeness (QED) is 0.656. The second-order valence-electron chi connectivity index (χ2n) is 4.77. The monoisotopic (exact) mass is 247 g/mol. The number of nitrogens with zero attached hydrogens (tertiary/aromatic N) is 2. The average molecular weight is 247 g/mol. The van der Waals surface area contributed by atoms with Crippen LogP contribution in [0.4, 0.5) is 5.69 Å². The smallest absolute Gasteiger partial charge is 0.196 e. The topological polar surface area (TPSA) is 50.9 Å². The average Bonchev–Trinajstić information content (AvgIpc) is 2.41. The van der Waals surface area contributed by atoms with Crippen LogP contribution in [0.1, 0.15) is 12.8 Å². The number of para-hydroxylation sites is 1. The first-order valence-electron chi connectivity index (χ1n) is 6.44. The molecule has 0 radical (unpaired) electrons. The van der Waals surface area contributed by atoms with E-state index in [1.54, 1.807) is 0 Å². The Bertz CT molecular complexity index is 385. The van der Waals surface area contributed by atoms with Crippen molar-refractivity contribution >= 4 is 11.6 Å². The summed E-state index contributed by atoms with van der Waals surface area (Å²) >= 11 is 0. The Morgan fingerprint density at radius 3 is 2.89 bits per heavy atom. The molecule has 1 aliphatic rings. The molecule has 98 valence electrons. The SMILES string of the molecule is CN(CC1CCCOC1)C(N)=Nc1ccccc1. The summed E-state index contributed by atoms with van der Waals surface area (Å²) in [5.41, 5.74) is 6.89. The van der Waals surface area contributed by atoms with Crippen LogP contribution in [0.5, 0.6) is 0 Å². The van der Waals surface area contributed by atoms with Crippen LogP contribution in [0.2, 0.25) is 0 Å². The van der Waals surface area contributed by atoms with Crippen LogP contribution in [-0.4, -0.2) is 37.7 Å². The molecule has 1 atom stereocenters. The van der Waals surface area contributed by atoms with Gasteiger partial charge in [-0.2, -0.15) is 0 Å². The summed E-state index contributed by atoms with van der Waals surface area (Å²) in [7, 11) is 1.98. The summed E-state index contributed by atoms with van der Waals surface area (Å²) in [4.78, 5) is 6.41. The van der Waals surface area contributed by atoms with Gasteiger partial charge in [-0.25, -0.2) is 4.99 Å². The lowest BCUT2D eigenvalue weighted by molar-refractivity contribution is 0.0484. The lowest BCUT2D eigenvalue weighted by Gasteiger charge is -2.27. The zero-order valence-electron chi connectivity index (χ0n) is 10.9. The molecule has 1 heterocycles. The molecule has 18 heavy (non-hydrogen) atoms. The van der Waals surface area contributed by atoms with Gasteiger partial charge in [0.1, 0.15) is 0 Å². The molecular formula is C14H21N3O. The normalized spacial score (nSPS) is 20.7. The minimum atomic E-state index is 0.562. The van der Waals surface area contributed by atoms with E-state index < -0.39 is 0 Å². The van der Waals surface area contributed by atoms with Gasteiger partial charge in [0.2, 0.25) is 0 Å². The molecule has 4 nitrogen and oxygen atoms in total. The fourth-order valence-corrected chi connectivity index (χ4v) is 2.15. The molecule has 2 rings (SSSR count). The van der Waals surface area contributed by atoms with Crippen molar-refractivity contribution < 1.29 is 4.74 Å². The van der Waals surface area contributed by atoms with Crippen molar-refractivity contribution in [2.24, 2.45) is 16.6 Å². The van der Waals surface area contributed by atoms with Crippen LogP contribution in [0.25, 0.3) is 0 Å². The van der Waals surface area contributed by atoms with Gasteiger partial charge in [0, 0.05) is 20.2 Å². The first-order chi connectivity index (χ1) is 8.75. The molecule has 1 saturated heterocycles. The Kier molecular flexibility index (Phi) is 4.59. The largest absolute Gasteiger partial charge is 0.381 e. The summed E-state index contributed by atoms with van der Waals surface area (Å²) < 4.78 is 5.47. The maximum atomic E-state index is 6.00. The van der Waals surface area contributed by atoms with Gasteiger partial charge < -0.3 is 15.4 Å². The third-order valence-electron chi connectivity index (χ3n) is 3.18. The van der Waals surface area contributed by atoms with Crippen molar-refractivity contribution in [2.45, 2.75) is 12.8 Å². The lowest BCUT2D eigenvalue weighted by Crippen LogP contribution is -2.39. The molecule has 1 aromatic carbocycles. The van der Waals surface area contributed by atoms with Crippen molar-refractivity contribution in [3.8, 4) is 0 Å².